The van der Waals surface area contributed by atoms with E-state index in [2.05, 4.69) is 0 Å². The molecule has 0 radical (unpaired) electrons. The van der Waals surface area contributed by atoms with E-state index in [0.717, 1.165) is 17.0 Å². The number of carbonyl (C=O) groups excluding carboxylic acids is 2. The smallest absolute Gasteiger partial charge is 0.271 e. The minimum Gasteiger partial charge on any atom is -0.271 e. The molecular formula is C13H10F3NO2. The van der Waals surface area contributed by atoms with Crippen LogP contribution < -0.4 is 0 Å². The summed E-state index contributed by atoms with van der Waals surface area (Å²) in [4.78, 5) is 24.0. The van der Waals surface area contributed by atoms with Crippen molar-refractivity contribution >= 4 is 11.8 Å². The van der Waals surface area contributed by atoms with E-state index in [-0.39, 0.29) is 17.7 Å². The lowest BCUT2D eigenvalue weighted by atomic mass is 10.1. The summed E-state index contributed by atoms with van der Waals surface area (Å²) >= 11 is 0. The molecule has 1 aliphatic heterocycles. The third-order valence-electron chi connectivity index (χ3n) is 2.78. The zero-order valence-corrected chi connectivity index (χ0v) is 9.99. The molecule has 19 heavy (non-hydrogen) atoms. The van der Waals surface area contributed by atoms with E-state index in [4.69, 9.17) is 0 Å². The average molecular weight is 269 g/mol. The van der Waals surface area contributed by atoms with E-state index in [0.29, 0.717) is 0 Å². The van der Waals surface area contributed by atoms with E-state index in [9.17, 15) is 22.8 Å². The number of rotatable bonds is 2. The second-order valence-electron chi connectivity index (χ2n) is 4.26. The van der Waals surface area contributed by atoms with Gasteiger partial charge >= 0.3 is 6.18 Å². The molecule has 0 bridgehead atoms. The number of alkyl halides is 3. The Balaban J connectivity index is 2.22. The minimum absolute atomic E-state index is 0.157. The molecule has 1 heterocycles. The van der Waals surface area contributed by atoms with Crippen LogP contribution in [0.25, 0.3) is 0 Å². The number of hydrogen-bond acceptors (Lipinski definition) is 2. The van der Waals surface area contributed by atoms with Gasteiger partial charge in [0.25, 0.3) is 11.8 Å². The molecule has 0 aromatic heterocycles. The van der Waals surface area contributed by atoms with E-state index in [1.54, 1.807) is 0 Å². The van der Waals surface area contributed by atoms with Crippen molar-refractivity contribution < 1.29 is 22.8 Å². The number of imide groups is 1. The van der Waals surface area contributed by atoms with Crippen molar-refractivity contribution in [1.82, 2.24) is 4.90 Å². The molecule has 0 N–H and O–H groups in total. The van der Waals surface area contributed by atoms with Gasteiger partial charge in [-0.15, -0.1) is 0 Å². The van der Waals surface area contributed by atoms with Crippen LogP contribution in [-0.2, 0) is 22.3 Å². The Bertz CT molecular complexity index is 575. The summed E-state index contributed by atoms with van der Waals surface area (Å²) in [7, 11) is 0. The van der Waals surface area contributed by atoms with Crippen LogP contribution in [0.15, 0.2) is 35.9 Å². The summed E-state index contributed by atoms with van der Waals surface area (Å²) in [6.45, 7) is 1.34. The Labute approximate surface area is 107 Å². The van der Waals surface area contributed by atoms with Crippen LogP contribution in [0.2, 0.25) is 0 Å². The molecule has 3 nitrogen and oxygen atoms in total. The van der Waals surface area contributed by atoms with E-state index in [1.807, 2.05) is 0 Å². The zero-order chi connectivity index (χ0) is 14.2. The van der Waals surface area contributed by atoms with Gasteiger partial charge in [-0.2, -0.15) is 13.2 Å². The lowest BCUT2D eigenvalue weighted by molar-refractivity contribution is -0.138. The van der Waals surface area contributed by atoms with Crippen molar-refractivity contribution in [1.29, 1.82) is 0 Å². The molecule has 6 heteroatoms. The number of carbonyl (C=O) groups is 2. The van der Waals surface area contributed by atoms with Crippen molar-refractivity contribution in [3.05, 3.63) is 47.0 Å². The first-order valence-corrected chi connectivity index (χ1v) is 5.49. The summed E-state index contributed by atoms with van der Waals surface area (Å²) in [5, 5.41) is 0. The Hall–Kier alpha value is -2.11. The summed E-state index contributed by atoms with van der Waals surface area (Å²) < 4.78 is 37.6. The van der Waals surface area contributed by atoms with Crippen molar-refractivity contribution in [2.75, 3.05) is 0 Å². The molecule has 1 aromatic carbocycles. The molecule has 0 aliphatic carbocycles. The highest BCUT2D eigenvalue weighted by Crippen LogP contribution is 2.30. The molecular weight excluding hydrogens is 259 g/mol. The lowest BCUT2D eigenvalue weighted by Crippen LogP contribution is -2.30. The largest absolute Gasteiger partial charge is 0.416 e. The Morgan fingerprint density at radius 3 is 2.42 bits per heavy atom. The molecule has 2 amide bonds. The van der Waals surface area contributed by atoms with Crippen molar-refractivity contribution in [3.63, 3.8) is 0 Å². The first-order chi connectivity index (χ1) is 8.79. The predicted octanol–water partition coefficient (Wildman–Crippen LogP) is 2.52. The van der Waals surface area contributed by atoms with Crippen molar-refractivity contribution in [2.45, 2.75) is 19.6 Å². The van der Waals surface area contributed by atoms with Gasteiger partial charge in [0, 0.05) is 11.6 Å². The van der Waals surface area contributed by atoms with Gasteiger partial charge in [0.05, 0.1) is 12.1 Å². The van der Waals surface area contributed by atoms with Crippen LogP contribution >= 0.6 is 0 Å². The SMILES string of the molecule is CC1=CC(=O)N(Cc2cccc(C(F)(F)F)c2)C1=O. The second-order valence-corrected chi connectivity index (χ2v) is 4.26. The molecule has 1 aliphatic rings. The fraction of sp³-hybridized carbons (Fsp3) is 0.231. The van der Waals surface area contributed by atoms with Gasteiger partial charge in [-0.3, -0.25) is 14.5 Å². The lowest BCUT2D eigenvalue weighted by Gasteiger charge is -2.15. The first kappa shape index (κ1) is 13.3. The summed E-state index contributed by atoms with van der Waals surface area (Å²) in [6.07, 6.45) is -3.26. The highest BCUT2D eigenvalue weighted by molar-refractivity contribution is 6.15. The number of amides is 2. The van der Waals surface area contributed by atoms with E-state index < -0.39 is 23.6 Å². The second kappa shape index (κ2) is 4.53. The number of benzene rings is 1. The normalized spacial score (nSPS) is 16.0. The predicted molar refractivity (Wildman–Crippen MR) is 60.8 cm³/mol. The van der Waals surface area contributed by atoms with Crippen LogP contribution in [-0.4, -0.2) is 16.7 Å². The maximum atomic E-state index is 12.5. The van der Waals surface area contributed by atoms with Gasteiger partial charge < -0.3 is 0 Å². The fourth-order valence-electron chi connectivity index (χ4n) is 1.82. The van der Waals surface area contributed by atoms with Crippen LogP contribution in [0.3, 0.4) is 0 Å². The van der Waals surface area contributed by atoms with Crippen LogP contribution in [0, 0.1) is 0 Å². The molecule has 0 saturated carbocycles. The van der Waals surface area contributed by atoms with Gasteiger partial charge in [-0.1, -0.05) is 12.1 Å². The van der Waals surface area contributed by atoms with Gasteiger partial charge in [0.15, 0.2) is 0 Å². The molecule has 0 atom stereocenters. The summed E-state index contributed by atoms with van der Waals surface area (Å²) in [5.41, 5.74) is -0.245. The standard InChI is InChI=1S/C13H10F3NO2/c1-8-5-11(18)17(12(8)19)7-9-3-2-4-10(6-9)13(14,15)16/h2-6H,7H2,1H3. The van der Waals surface area contributed by atoms with E-state index in [1.165, 1.54) is 25.1 Å². The van der Waals surface area contributed by atoms with Crippen LogP contribution in [0.1, 0.15) is 18.1 Å². The van der Waals surface area contributed by atoms with Crippen molar-refractivity contribution in [3.8, 4) is 0 Å². The average Bonchev–Trinajstić information content (AvgIpc) is 2.55. The van der Waals surface area contributed by atoms with Crippen LogP contribution in [0.4, 0.5) is 13.2 Å². The van der Waals surface area contributed by atoms with E-state index >= 15 is 0 Å². The number of halogens is 3. The quantitative estimate of drug-likeness (QED) is 0.774. The molecule has 0 saturated heterocycles. The van der Waals surface area contributed by atoms with Gasteiger partial charge in [-0.05, 0) is 24.6 Å². The van der Waals surface area contributed by atoms with Gasteiger partial charge in [0.1, 0.15) is 0 Å². The van der Waals surface area contributed by atoms with Crippen LogP contribution in [0.5, 0.6) is 0 Å². The number of nitrogens with zero attached hydrogens (tertiary/aromatic N) is 1. The maximum absolute atomic E-state index is 12.5. The Morgan fingerprint density at radius 1 is 1.21 bits per heavy atom. The molecule has 100 valence electrons. The molecule has 0 fully saturated rings. The molecule has 1 aromatic rings. The third kappa shape index (κ3) is 2.67. The molecule has 2 rings (SSSR count). The highest BCUT2D eigenvalue weighted by Gasteiger charge is 2.32. The Kier molecular flexibility index (Phi) is 3.18. The first-order valence-electron chi connectivity index (χ1n) is 5.49. The summed E-state index contributed by atoms with van der Waals surface area (Å²) in [5.74, 6) is -0.970. The highest BCUT2D eigenvalue weighted by atomic mass is 19.4. The van der Waals surface area contributed by atoms with Gasteiger partial charge in [0.2, 0.25) is 0 Å². The topological polar surface area (TPSA) is 37.4 Å². The maximum Gasteiger partial charge on any atom is 0.416 e. The summed E-state index contributed by atoms with van der Waals surface area (Å²) in [6, 6.07) is 4.59. The third-order valence-corrected chi connectivity index (χ3v) is 2.78. The fourth-order valence-corrected chi connectivity index (χ4v) is 1.82. The Morgan fingerprint density at radius 2 is 1.89 bits per heavy atom. The monoisotopic (exact) mass is 269 g/mol. The minimum atomic E-state index is -4.44. The van der Waals surface area contributed by atoms with Crippen molar-refractivity contribution in [2.24, 2.45) is 0 Å². The van der Waals surface area contributed by atoms with Gasteiger partial charge in [-0.25, -0.2) is 0 Å². The molecule has 0 unspecified atom stereocenters. The number of hydrogen-bond donors (Lipinski definition) is 0. The molecule has 0 spiro atoms. The zero-order valence-electron chi connectivity index (χ0n) is 9.99.